The maximum Gasteiger partial charge on any atom is 0.254 e. The smallest absolute Gasteiger partial charge is 0.254 e. The Morgan fingerprint density at radius 2 is 1.90 bits per heavy atom. The number of carbonyl (C=O) groups is 1. The second kappa shape index (κ2) is 6.91. The third-order valence-corrected chi connectivity index (χ3v) is 4.94. The molecule has 0 fully saturated rings. The van der Waals surface area contributed by atoms with Gasteiger partial charge in [-0.1, -0.05) is 36.4 Å². The van der Waals surface area contributed by atoms with E-state index in [9.17, 15) is 4.79 Å². The van der Waals surface area contributed by atoms with Crippen molar-refractivity contribution in [3.05, 3.63) is 90.1 Å². The topological polar surface area (TPSA) is 70.9 Å². The Balaban J connectivity index is 1.55. The zero-order valence-electron chi connectivity index (χ0n) is 15.3. The molecule has 0 spiro atoms. The van der Waals surface area contributed by atoms with Crippen LogP contribution in [0.5, 0.6) is 0 Å². The number of rotatable bonds is 4. The molecule has 142 valence electrons. The van der Waals surface area contributed by atoms with E-state index in [2.05, 4.69) is 15.5 Å². The molecule has 3 aromatic carbocycles. The molecule has 0 aliphatic carbocycles. The van der Waals surface area contributed by atoms with Crippen LogP contribution in [0, 0.1) is 5.82 Å². The largest absolute Gasteiger partial charge is 0.467 e. The van der Waals surface area contributed by atoms with E-state index in [1.807, 2.05) is 42.5 Å². The number of benzene rings is 3. The SMILES string of the molecule is O=C(NCc1ccco1)c1ccc2[nH]nc(-c3ccc4ccccc4c3)c2c1F. The van der Waals surface area contributed by atoms with E-state index >= 15 is 4.39 Å². The molecule has 0 atom stereocenters. The maximum atomic E-state index is 15.3. The first kappa shape index (κ1) is 17.2. The number of nitrogens with one attached hydrogen (secondary N) is 2. The molecule has 29 heavy (non-hydrogen) atoms. The fourth-order valence-electron chi connectivity index (χ4n) is 3.47. The van der Waals surface area contributed by atoms with Crippen molar-refractivity contribution in [1.82, 2.24) is 15.5 Å². The Morgan fingerprint density at radius 1 is 1.03 bits per heavy atom. The lowest BCUT2D eigenvalue weighted by molar-refractivity contribution is 0.0944. The minimum absolute atomic E-state index is 0.0347. The lowest BCUT2D eigenvalue weighted by Crippen LogP contribution is -2.23. The molecule has 1 amide bonds. The highest BCUT2D eigenvalue weighted by molar-refractivity contribution is 6.02. The summed E-state index contributed by atoms with van der Waals surface area (Å²) in [6.07, 6.45) is 1.52. The summed E-state index contributed by atoms with van der Waals surface area (Å²) in [7, 11) is 0. The number of halogens is 1. The zero-order valence-corrected chi connectivity index (χ0v) is 15.3. The number of aromatic amines is 1. The lowest BCUT2D eigenvalue weighted by atomic mass is 10.0. The molecule has 0 aliphatic rings. The van der Waals surface area contributed by atoms with E-state index in [4.69, 9.17) is 4.42 Å². The van der Waals surface area contributed by atoms with Crippen molar-refractivity contribution >= 4 is 27.6 Å². The van der Waals surface area contributed by atoms with Gasteiger partial charge in [-0.25, -0.2) is 4.39 Å². The highest BCUT2D eigenvalue weighted by Crippen LogP contribution is 2.31. The number of furan rings is 1. The van der Waals surface area contributed by atoms with Crippen LogP contribution in [-0.2, 0) is 6.54 Å². The summed E-state index contributed by atoms with van der Waals surface area (Å²) in [4.78, 5) is 12.5. The molecule has 5 nitrogen and oxygen atoms in total. The average molecular weight is 385 g/mol. The molecule has 0 bridgehead atoms. The van der Waals surface area contributed by atoms with Crippen LogP contribution in [0.4, 0.5) is 4.39 Å². The summed E-state index contributed by atoms with van der Waals surface area (Å²) in [5, 5.41) is 12.3. The van der Waals surface area contributed by atoms with E-state index in [1.165, 1.54) is 12.3 Å². The summed E-state index contributed by atoms with van der Waals surface area (Å²) in [5.74, 6) is -0.511. The van der Waals surface area contributed by atoms with Crippen molar-refractivity contribution < 1.29 is 13.6 Å². The summed E-state index contributed by atoms with van der Waals surface area (Å²) >= 11 is 0. The number of nitrogens with zero attached hydrogens (tertiary/aromatic N) is 1. The van der Waals surface area contributed by atoms with Crippen molar-refractivity contribution in [2.45, 2.75) is 6.54 Å². The maximum absolute atomic E-state index is 15.3. The monoisotopic (exact) mass is 385 g/mol. The highest BCUT2D eigenvalue weighted by atomic mass is 19.1. The van der Waals surface area contributed by atoms with Crippen molar-refractivity contribution in [3.8, 4) is 11.3 Å². The highest BCUT2D eigenvalue weighted by Gasteiger charge is 2.20. The number of carbonyl (C=O) groups excluding carboxylic acids is 1. The van der Waals surface area contributed by atoms with E-state index in [1.54, 1.807) is 18.2 Å². The predicted octanol–water partition coefficient (Wildman–Crippen LogP) is 5.05. The van der Waals surface area contributed by atoms with Crippen molar-refractivity contribution in [1.29, 1.82) is 0 Å². The number of fused-ring (bicyclic) bond motifs is 2. The first-order valence-corrected chi connectivity index (χ1v) is 9.17. The Kier molecular flexibility index (Phi) is 4.09. The number of amides is 1. The van der Waals surface area contributed by atoms with Crippen LogP contribution >= 0.6 is 0 Å². The Bertz CT molecular complexity index is 1340. The number of hydrogen-bond donors (Lipinski definition) is 2. The second-order valence-corrected chi connectivity index (χ2v) is 6.75. The Labute approximate surface area is 165 Å². The van der Waals surface area contributed by atoms with Crippen molar-refractivity contribution in [2.24, 2.45) is 0 Å². The Hall–Kier alpha value is -3.93. The average Bonchev–Trinajstić information content (AvgIpc) is 3.42. The van der Waals surface area contributed by atoms with E-state index < -0.39 is 11.7 Å². The number of H-pyrrole nitrogens is 1. The molecule has 0 saturated carbocycles. The van der Waals surface area contributed by atoms with Gasteiger partial charge in [-0.05, 0) is 41.1 Å². The minimum Gasteiger partial charge on any atom is -0.467 e. The van der Waals surface area contributed by atoms with Crippen LogP contribution in [0.25, 0.3) is 32.9 Å². The molecule has 5 aromatic rings. The molecular formula is C23H16FN3O2. The van der Waals surface area contributed by atoms with E-state index in [-0.39, 0.29) is 12.1 Å². The van der Waals surface area contributed by atoms with Gasteiger partial charge < -0.3 is 9.73 Å². The van der Waals surface area contributed by atoms with E-state index in [0.29, 0.717) is 22.4 Å². The standard InChI is InChI=1S/C23H16FN3O2/c24-21-18(23(28)25-13-17-6-3-11-29-17)9-10-19-20(21)22(27-26-19)16-8-7-14-4-1-2-5-15(14)12-16/h1-12H,13H2,(H,25,28)(H,26,27). The lowest BCUT2D eigenvalue weighted by Gasteiger charge is -2.07. The van der Waals surface area contributed by atoms with Gasteiger partial charge in [0.1, 0.15) is 17.3 Å². The van der Waals surface area contributed by atoms with Crippen LogP contribution in [0.2, 0.25) is 0 Å². The molecule has 2 N–H and O–H groups in total. The van der Waals surface area contributed by atoms with Crippen molar-refractivity contribution in [3.63, 3.8) is 0 Å². The molecule has 5 rings (SSSR count). The third kappa shape index (κ3) is 3.04. The normalized spacial score (nSPS) is 11.2. The van der Waals surface area contributed by atoms with Gasteiger partial charge in [0, 0.05) is 5.56 Å². The van der Waals surface area contributed by atoms with Gasteiger partial charge in [0.15, 0.2) is 0 Å². The first-order valence-electron chi connectivity index (χ1n) is 9.17. The van der Waals surface area contributed by atoms with Gasteiger partial charge in [0.2, 0.25) is 0 Å². The van der Waals surface area contributed by atoms with Crippen molar-refractivity contribution in [2.75, 3.05) is 0 Å². The molecule has 0 unspecified atom stereocenters. The fraction of sp³-hybridized carbons (Fsp3) is 0.0435. The molecule has 0 radical (unpaired) electrons. The van der Waals surface area contributed by atoms with Gasteiger partial charge in [-0.3, -0.25) is 9.89 Å². The summed E-state index contributed by atoms with van der Waals surface area (Å²) in [5.41, 5.74) is 1.76. The molecule has 0 aliphatic heterocycles. The second-order valence-electron chi connectivity index (χ2n) is 6.75. The number of hydrogen-bond acceptors (Lipinski definition) is 3. The van der Waals surface area contributed by atoms with Crippen LogP contribution in [-0.4, -0.2) is 16.1 Å². The molecule has 2 aromatic heterocycles. The molecule has 2 heterocycles. The zero-order chi connectivity index (χ0) is 19.8. The van der Waals surface area contributed by atoms with Gasteiger partial charge >= 0.3 is 0 Å². The van der Waals surface area contributed by atoms with Crippen LogP contribution in [0.3, 0.4) is 0 Å². The molecule has 6 heteroatoms. The van der Waals surface area contributed by atoms with Gasteiger partial charge in [0.25, 0.3) is 5.91 Å². The minimum atomic E-state index is -0.601. The summed E-state index contributed by atoms with van der Waals surface area (Å²) in [6.45, 7) is 0.187. The van der Waals surface area contributed by atoms with Gasteiger partial charge in [0.05, 0.1) is 29.3 Å². The van der Waals surface area contributed by atoms with Crippen LogP contribution < -0.4 is 5.32 Å². The van der Waals surface area contributed by atoms with Gasteiger partial charge in [-0.15, -0.1) is 0 Å². The van der Waals surface area contributed by atoms with E-state index in [0.717, 1.165) is 16.3 Å². The fourth-order valence-corrected chi connectivity index (χ4v) is 3.47. The van der Waals surface area contributed by atoms with Crippen LogP contribution in [0.1, 0.15) is 16.1 Å². The molecular weight excluding hydrogens is 369 g/mol. The van der Waals surface area contributed by atoms with Gasteiger partial charge in [-0.2, -0.15) is 5.10 Å². The Morgan fingerprint density at radius 3 is 2.72 bits per heavy atom. The quantitative estimate of drug-likeness (QED) is 0.455. The summed E-state index contributed by atoms with van der Waals surface area (Å²) in [6, 6.07) is 20.4. The summed E-state index contributed by atoms with van der Waals surface area (Å²) < 4.78 is 20.5. The predicted molar refractivity (Wildman–Crippen MR) is 109 cm³/mol. The number of aromatic nitrogens is 2. The third-order valence-electron chi connectivity index (χ3n) is 4.94. The molecule has 0 saturated heterocycles. The first-order chi connectivity index (χ1) is 14.2. The van der Waals surface area contributed by atoms with Crippen LogP contribution in [0.15, 0.2) is 77.4 Å².